The van der Waals surface area contributed by atoms with Crippen LogP contribution < -0.4 is 15.4 Å². The largest absolute Gasteiger partial charge is 0.478 e. The zero-order valence-corrected chi connectivity index (χ0v) is 25.9. The number of piperidine rings is 1. The molecule has 0 bridgehead atoms. The Kier molecular flexibility index (Phi) is 10.4. The number of H-pyrrole nitrogens is 1. The predicted molar refractivity (Wildman–Crippen MR) is 163 cm³/mol. The van der Waals surface area contributed by atoms with Crippen molar-refractivity contribution in [3.8, 4) is 22.8 Å². The number of ether oxygens (including phenoxy) is 2. The number of halogens is 2. The Hall–Kier alpha value is -4.29. The first-order chi connectivity index (χ1) is 20.8. The van der Waals surface area contributed by atoms with Crippen molar-refractivity contribution in [3.05, 3.63) is 63.8 Å². The Bertz CT molecular complexity index is 1540. The van der Waals surface area contributed by atoms with Gasteiger partial charge in [0.2, 0.25) is 11.8 Å². The summed E-state index contributed by atoms with van der Waals surface area (Å²) >= 11 is 13.1. The van der Waals surface area contributed by atoms with Gasteiger partial charge in [-0.05, 0) is 70.0 Å². The van der Waals surface area contributed by atoms with Crippen LogP contribution in [0.3, 0.4) is 0 Å². The fourth-order valence-corrected chi connectivity index (χ4v) is 5.02. The van der Waals surface area contributed by atoms with E-state index in [1.165, 1.54) is 12.1 Å². The predicted octanol–water partition coefficient (Wildman–Crippen LogP) is 5.22. The van der Waals surface area contributed by atoms with E-state index in [1.807, 2.05) is 6.07 Å². The molecule has 44 heavy (non-hydrogen) atoms. The van der Waals surface area contributed by atoms with Gasteiger partial charge in [0, 0.05) is 30.3 Å². The molecule has 1 aliphatic heterocycles. The van der Waals surface area contributed by atoms with Crippen molar-refractivity contribution < 1.29 is 33.8 Å². The highest BCUT2D eigenvalue weighted by Crippen LogP contribution is 2.41. The quantitative estimate of drug-likeness (QED) is 0.246. The summed E-state index contributed by atoms with van der Waals surface area (Å²) in [7, 11) is 0. The molecule has 0 atom stereocenters. The average Bonchev–Trinajstić information content (AvgIpc) is 3.47. The number of carbonyl (C=O) groups is 4. The zero-order chi connectivity index (χ0) is 32.0. The molecule has 0 radical (unpaired) electrons. The van der Waals surface area contributed by atoms with Crippen LogP contribution in [0.4, 0.5) is 4.79 Å². The summed E-state index contributed by atoms with van der Waals surface area (Å²) in [5.41, 5.74) is 1.48. The number of benzene rings is 2. The van der Waals surface area contributed by atoms with Crippen LogP contribution in [0.5, 0.6) is 11.5 Å². The van der Waals surface area contributed by atoms with E-state index in [-0.39, 0.29) is 46.3 Å². The zero-order valence-electron chi connectivity index (χ0n) is 24.4. The van der Waals surface area contributed by atoms with Crippen LogP contribution in [0.1, 0.15) is 55.6 Å². The number of aromatic carboxylic acids is 1. The Balaban J connectivity index is 1.28. The van der Waals surface area contributed by atoms with Gasteiger partial charge in [-0.15, -0.1) is 0 Å². The number of hydrogen-bond donors (Lipinski definition) is 4. The highest BCUT2D eigenvalue weighted by molar-refractivity contribution is 6.44. The van der Waals surface area contributed by atoms with Gasteiger partial charge in [-0.25, -0.2) is 9.59 Å². The van der Waals surface area contributed by atoms with E-state index >= 15 is 0 Å². The van der Waals surface area contributed by atoms with Crippen molar-refractivity contribution >= 4 is 47.1 Å². The van der Waals surface area contributed by atoms with E-state index in [4.69, 9.17) is 32.7 Å². The van der Waals surface area contributed by atoms with E-state index in [9.17, 15) is 24.3 Å². The van der Waals surface area contributed by atoms with Crippen molar-refractivity contribution in [2.75, 3.05) is 26.2 Å². The molecule has 1 aliphatic rings. The van der Waals surface area contributed by atoms with Gasteiger partial charge in [0.1, 0.15) is 28.7 Å². The monoisotopic (exact) mass is 645 g/mol. The molecule has 234 valence electrons. The summed E-state index contributed by atoms with van der Waals surface area (Å²) in [4.78, 5) is 49.3. The second kappa shape index (κ2) is 14.0. The third kappa shape index (κ3) is 8.64. The van der Waals surface area contributed by atoms with E-state index in [0.717, 1.165) is 5.69 Å². The third-order valence-electron chi connectivity index (χ3n) is 6.75. The number of carboxylic acids is 1. The van der Waals surface area contributed by atoms with Crippen molar-refractivity contribution in [1.82, 2.24) is 25.7 Å². The molecular weight excluding hydrogens is 613 g/mol. The van der Waals surface area contributed by atoms with Gasteiger partial charge >= 0.3 is 12.1 Å². The molecule has 1 saturated heterocycles. The molecule has 4 rings (SSSR count). The topological polar surface area (TPSA) is 163 Å². The van der Waals surface area contributed by atoms with Gasteiger partial charge < -0.3 is 30.1 Å². The molecule has 0 saturated carbocycles. The number of hydrogen-bond acceptors (Lipinski definition) is 7. The SMILES string of the molecule is CC(C)(C)OC(=O)NCC(=O)NCC(=O)N1CCC(c2cc(-c3ccc(Oc4cccc(C(=O)O)c4)c(Cl)c3Cl)n[nH]2)CC1. The second-order valence-corrected chi connectivity index (χ2v) is 11.9. The van der Waals surface area contributed by atoms with E-state index in [0.29, 0.717) is 42.9 Å². The van der Waals surface area contributed by atoms with Crippen LogP contribution in [0, 0.1) is 0 Å². The van der Waals surface area contributed by atoms with E-state index in [2.05, 4.69) is 20.8 Å². The minimum atomic E-state index is -1.07. The lowest BCUT2D eigenvalue weighted by molar-refractivity contribution is -0.133. The number of likely N-dealkylation sites (tertiary alicyclic amines) is 1. The normalized spacial score (nSPS) is 13.7. The first-order valence-corrected chi connectivity index (χ1v) is 14.6. The summed E-state index contributed by atoms with van der Waals surface area (Å²) in [6.07, 6.45) is 0.677. The standard InChI is InChI=1S/C30H33Cl2N5O7/c1-30(2,3)44-29(42)34-15-24(38)33-16-25(39)37-11-9-17(10-12-37)21-14-22(36-35-21)20-7-8-23(27(32)26(20)31)43-19-6-4-5-18(13-19)28(40)41/h4-8,13-14,17H,9-12,15-16H2,1-3H3,(H,33,38)(H,34,42)(H,35,36)(H,40,41). The van der Waals surface area contributed by atoms with Crippen molar-refractivity contribution in [1.29, 1.82) is 0 Å². The van der Waals surface area contributed by atoms with Gasteiger partial charge in [-0.1, -0.05) is 29.3 Å². The highest BCUT2D eigenvalue weighted by Gasteiger charge is 2.26. The number of carbonyl (C=O) groups excluding carboxylic acids is 3. The number of rotatable bonds is 9. The van der Waals surface area contributed by atoms with Gasteiger partial charge in [-0.3, -0.25) is 14.7 Å². The van der Waals surface area contributed by atoms with Crippen molar-refractivity contribution in [2.45, 2.75) is 45.1 Å². The Morgan fingerprint density at radius 2 is 1.75 bits per heavy atom. The molecule has 1 fully saturated rings. The maximum Gasteiger partial charge on any atom is 0.408 e. The van der Waals surface area contributed by atoms with Gasteiger partial charge in [-0.2, -0.15) is 5.10 Å². The van der Waals surface area contributed by atoms with Gasteiger partial charge in [0.05, 0.1) is 22.8 Å². The second-order valence-electron chi connectivity index (χ2n) is 11.2. The Morgan fingerprint density at radius 1 is 1.02 bits per heavy atom. The fraction of sp³-hybridized carbons (Fsp3) is 0.367. The van der Waals surface area contributed by atoms with Gasteiger partial charge in [0.25, 0.3) is 0 Å². The Labute approximate surface area is 264 Å². The summed E-state index contributed by atoms with van der Waals surface area (Å²) in [5.74, 6) is -1.07. The lowest BCUT2D eigenvalue weighted by Gasteiger charge is -2.31. The number of aromatic nitrogens is 2. The van der Waals surface area contributed by atoms with Crippen LogP contribution in [-0.4, -0.2) is 75.9 Å². The molecule has 14 heteroatoms. The molecule has 3 aromatic rings. The molecule has 2 aromatic carbocycles. The first kappa shape index (κ1) is 32.6. The average molecular weight is 647 g/mol. The smallest absolute Gasteiger partial charge is 0.408 e. The number of amides is 3. The molecule has 12 nitrogen and oxygen atoms in total. The minimum absolute atomic E-state index is 0.0806. The lowest BCUT2D eigenvalue weighted by Crippen LogP contribution is -2.46. The van der Waals surface area contributed by atoms with Crippen LogP contribution in [0.25, 0.3) is 11.3 Å². The van der Waals surface area contributed by atoms with Crippen LogP contribution in [0.15, 0.2) is 42.5 Å². The number of alkyl carbamates (subject to hydrolysis) is 1. The first-order valence-electron chi connectivity index (χ1n) is 13.9. The molecule has 0 unspecified atom stereocenters. The van der Waals surface area contributed by atoms with Crippen LogP contribution >= 0.6 is 23.2 Å². The molecule has 0 spiro atoms. The van der Waals surface area contributed by atoms with E-state index in [1.54, 1.807) is 49.9 Å². The fourth-order valence-electron chi connectivity index (χ4n) is 4.57. The summed E-state index contributed by atoms with van der Waals surface area (Å²) in [6.45, 7) is 5.70. The molecule has 4 N–H and O–H groups in total. The molecule has 3 amide bonds. The lowest BCUT2D eigenvalue weighted by atomic mass is 9.93. The van der Waals surface area contributed by atoms with Crippen LogP contribution in [0.2, 0.25) is 10.0 Å². The van der Waals surface area contributed by atoms with Crippen molar-refractivity contribution in [3.63, 3.8) is 0 Å². The van der Waals surface area contributed by atoms with Crippen molar-refractivity contribution in [2.24, 2.45) is 0 Å². The van der Waals surface area contributed by atoms with Gasteiger partial charge in [0.15, 0.2) is 0 Å². The summed E-state index contributed by atoms with van der Waals surface area (Å²) in [6, 6.07) is 11.3. The number of nitrogens with zero attached hydrogens (tertiary/aromatic N) is 2. The molecule has 0 aliphatic carbocycles. The number of aromatic amines is 1. The number of nitrogens with one attached hydrogen (secondary N) is 3. The van der Waals surface area contributed by atoms with Crippen LogP contribution in [-0.2, 0) is 14.3 Å². The molecule has 1 aromatic heterocycles. The maximum atomic E-state index is 12.6. The highest BCUT2D eigenvalue weighted by atomic mass is 35.5. The molecular formula is C30H33Cl2N5O7. The maximum absolute atomic E-state index is 12.6. The minimum Gasteiger partial charge on any atom is -0.478 e. The molecule has 2 heterocycles. The third-order valence-corrected chi connectivity index (χ3v) is 7.61. The number of carboxylic acid groups (broad SMARTS) is 1. The van der Waals surface area contributed by atoms with E-state index < -0.39 is 23.6 Å². The summed E-state index contributed by atoms with van der Waals surface area (Å²) in [5, 5.41) is 22.0. The Morgan fingerprint density at radius 3 is 2.43 bits per heavy atom. The summed E-state index contributed by atoms with van der Waals surface area (Å²) < 4.78 is 10.9.